The Hall–Kier alpha value is -0.540. The lowest BCUT2D eigenvalue weighted by atomic mass is 10.0. The van der Waals surface area contributed by atoms with Crippen LogP contribution in [0.4, 0.5) is 0 Å². The van der Waals surface area contributed by atoms with Crippen LogP contribution in [0.15, 0.2) is 6.20 Å². The fourth-order valence-electron chi connectivity index (χ4n) is 0.999. The van der Waals surface area contributed by atoms with Crippen molar-refractivity contribution < 1.29 is 4.74 Å². The van der Waals surface area contributed by atoms with Gasteiger partial charge in [0.15, 0.2) is 0 Å². The summed E-state index contributed by atoms with van der Waals surface area (Å²) < 4.78 is 4.92. The highest BCUT2D eigenvalue weighted by atomic mass is 35.5. The number of hydrogen-bond acceptors (Lipinski definition) is 3. The van der Waals surface area contributed by atoms with Crippen molar-refractivity contribution in [3.63, 3.8) is 0 Å². The minimum Gasteiger partial charge on any atom is -0.467 e. The number of hydrogen-bond donors (Lipinski definition) is 0. The van der Waals surface area contributed by atoms with E-state index in [0.717, 1.165) is 5.69 Å². The Balaban J connectivity index is 3.05. The molecular weight excluding hydrogens is 223 g/mol. The van der Waals surface area contributed by atoms with Crippen LogP contribution in [0.3, 0.4) is 0 Å². The molecule has 14 heavy (non-hydrogen) atoms. The highest BCUT2D eigenvalue weighted by molar-refractivity contribution is 6.31. The van der Waals surface area contributed by atoms with Gasteiger partial charge in [-0.15, -0.1) is 11.6 Å². The first-order valence-corrected chi connectivity index (χ1v) is 5.08. The molecule has 78 valence electrons. The number of aromatic nitrogens is 2. The standard InChI is InChI=1S/C9H12Cl2N2O/c1-5(6(2)10)8-7(11)4-12-9(13-8)14-3/h4-6H,1-3H3. The number of halogens is 2. The maximum atomic E-state index is 5.97. The third-order valence-corrected chi connectivity index (χ3v) is 2.72. The van der Waals surface area contributed by atoms with E-state index in [1.165, 1.54) is 13.3 Å². The van der Waals surface area contributed by atoms with Gasteiger partial charge in [0.1, 0.15) is 0 Å². The zero-order valence-corrected chi connectivity index (χ0v) is 9.80. The molecule has 0 saturated heterocycles. The predicted octanol–water partition coefficient (Wildman–Crippen LogP) is 2.87. The fourth-order valence-corrected chi connectivity index (χ4v) is 1.38. The van der Waals surface area contributed by atoms with Crippen LogP contribution in [0.1, 0.15) is 25.5 Å². The number of nitrogens with zero attached hydrogens (tertiary/aromatic N) is 2. The van der Waals surface area contributed by atoms with E-state index in [-0.39, 0.29) is 11.3 Å². The van der Waals surface area contributed by atoms with Crippen molar-refractivity contribution in [1.82, 2.24) is 9.97 Å². The zero-order chi connectivity index (χ0) is 10.7. The van der Waals surface area contributed by atoms with Gasteiger partial charge in [-0.2, -0.15) is 4.98 Å². The summed E-state index contributed by atoms with van der Waals surface area (Å²) in [5, 5.41) is 0.484. The molecule has 1 aromatic heterocycles. The average molecular weight is 235 g/mol. The van der Waals surface area contributed by atoms with Crippen molar-refractivity contribution in [2.75, 3.05) is 7.11 Å². The summed E-state index contributed by atoms with van der Waals surface area (Å²) in [6.07, 6.45) is 1.53. The Morgan fingerprint density at radius 2 is 2.07 bits per heavy atom. The van der Waals surface area contributed by atoms with E-state index in [1.807, 2.05) is 13.8 Å². The molecule has 0 bridgehead atoms. The van der Waals surface area contributed by atoms with Crippen molar-refractivity contribution in [1.29, 1.82) is 0 Å². The van der Waals surface area contributed by atoms with Crippen LogP contribution in [0.25, 0.3) is 0 Å². The maximum absolute atomic E-state index is 5.97. The Kier molecular flexibility index (Phi) is 3.96. The SMILES string of the molecule is COc1ncc(Cl)c(C(C)C(C)Cl)n1. The van der Waals surface area contributed by atoms with E-state index in [9.17, 15) is 0 Å². The molecule has 0 aromatic carbocycles. The van der Waals surface area contributed by atoms with Gasteiger partial charge in [0.2, 0.25) is 0 Å². The van der Waals surface area contributed by atoms with Gasteiger partial charge in [-0.1, -0.05) is 18.5 Å². The number of alkyl halides is 1. The Morgan fingerprint density at radius 3 is 2.57 bits per heavy atom. The quantitative estimate of drug-likeness (QED) is 0.755. The lowest BCUT2D eigenvalue weighted by Crippen LogP contribution is -2.09. The van der Waals surface area contributed by atoms with E-state index in [1.54, 1.807) is 0 Å². The lowest BCUT2D eigenvalue weighted by Gasteiger charge is -2.14. The molecule has 1 heterocycles. The molecule has 0 amide bonds. The summed E-state index contributed by atoms with van der Waals surface area (Å²) in [5.41, 5.74) is 0.723. The molecule has 1 rings (SSSR count). The second-order valence-corrected chi connectivity index (χ2v) is 4.15. The van der Waals surface area contributed by atoms with E-state index in [2.05, 4.69) is 9.97 Å². The number of ether oxygens (including phenoxy) is 1. The van der Waals surface area contributed by atoms with Gasteiger partial charge in [0.25, 0.3) is 0 Å². The minimum atomic E-state index is -0.0351. The molecule has 0 aliphatic carbocycles. The molecule has 2 atom stereocenters. The van der Waals surface area contributed by atoms with Crippen LogP contribution in [0.2, 0.25) is 5.02 Å². The smallest absolute Gasteiger partial charge is 0.316 e. The third-order valence-electron chi connectivity index (χ3n) is 2.05. The first kappa shape index (κ1) is 11.5. The minimum absolute atomic E-state index is 0.0351. The van der Waals surface area contributed by atoms with Gasteiger partial charge in [0, 0.05) is 11.3 Å². The molecule has 3 nitrogen and oxygen atoms in total. The van der Waals surface area contributed by atoms with Crippen molar-refractivity contribution >= 4 is 23.2 Å². The van der Waals surface area contributed by atoms with Gasteiger partial charge in [-0.05, 0) is 6.92 Å². The Labute approximate surface area is 93.4 Å². The summed E-state index contributed by atoms with van der Waals surface area (Å²) in [5.74, 6) is 0.0704. The van der Waals surface area contributed by atoms with Crippen molar-refractivity contribution in [3.05, 3.63) is 16.9 Å². The molecule has 5 heteroatoms. The summed E-state index contributed by atoms with van der Waals surface area (Å²) in [7, 11) is 1.52. The Morgan fingerprint density at radius 1 is 1.43 bits per heavy atom. The van der Waals surface area contributed by atoms with E-state index in [0.29, 0.717) is 11.0 Å². The molecule has 0 fully saturated rings. The molecule has 0 radical (unpaired) electrons. The molecule has 0 aliphatic rings. The molecule has 1 aromatic rings. The largest absolute Gasteiger partial charge is 0.467 e. The van der Waals surface area contributed by atoms with Crippen molar-refractivity contribution in [3.8, 4) is 6.01 Å². The topological polar surface area (TPSA) is 35.0 Å². The maximum Gasteiger partial charge on any atom is 0.316 e. The molecule has 2 unspecified atom stereocenters. The van der Waals surface area contributed by atoms with Crippen LogP contribution in [-0.4, -0.2) is 22.5 Å². The van der Waals surface area contributed by atoms with Crippen LogP contribution < -0.4 is 4.74 Å². The predicted molar refractivity (Wildman–Crippen MR) is 57.3 cm³/mol. The fraction of sp³-hybridized carbons (Fsp3) is 0.556. The molecular formula is C9H12Cl2N2O. The van der Waals surface area contributed by atoms with Gasteiger partial charge in [-0.25, -0.2) is 4.98 Å². The van der Waals surface area contributed by atoms with Crippen LogP contribution in [0.5, 0.6) is 6.01 Å². The molecule has 0 aliphatic heterocycles. The number of rotatable bonds is 3. The highest BCUT2D eigenvalue weighted by Gasteiger charge is 2.17. The average Bonchev–Trinajstić information content (AvgIpc) is 2.17. The summed E-state index contributed by atoms with van der Waals surface area (Å²) in [4.78, 5) is 8.05. The molecule has 0 N–H and O–H groups in total. The summed E-state index contributed by atoms with van der Waals surface area (Å²) >= 11 is 11.9. The highest BCUT2D eigenvalue weighted by Crippen LogP contribution is 2.27. The first-order valence-electron chi connectivity index (χ1n) is 4.26. The lowest BCUT2D eigenvalue weighted by molar-refractivity contribution is 0.377. The van der Waals surface area contributed by atoms with E-state index < -0.39 is 0 Å². The van der Waals surface area contributed by atoms with Gasteiger partial charge in [0.05, 0.1) is 24.0 Å². The first-order chi connectivity index (χ1) is 6.56. The van der Waals surface area contributed by atoms with Crippen molar-refractivity contribution in [2.24, 2.45) is 0 Å². The second kappa shape index (κ2) is 4.80. The van der Waals surface area contributed by atoms with Crippen LogP contribution >= 0.6 is 23.2 Å². The Bertz CT molecular complexity index is 318. The second-order valence-electron chi connectivity index (χ2n) is 3.06. The monoisotopic (exact) mass is 234 g/mol. The van der Waals surface area contributed by atoms with Gasteiger partial charge >= 0.3 is 6.01 Å². The normalized spacial score (nSPS) is 14.9. The van der Waals surface area contributed by atoms with Gasteiger partial charge in [-0.3, -0.25) is 0 Å². The third kappa shape index (κ3) is 2.49. The van der Waals surface area contributed by atoms with Crippen LogP contribution in [-0.2, 0) is 0 Å². The molecule has 0 saturated carbocycles. The number of methoxy groups -OCH3 is 1. The van der Waals surface area contributed by atoms with E-state index >= 15 is 0 Å². The zero-order valence-electron chi connectivity index (χ0n) is 8.29. The molecule has 0 spiro atoms. The van der Waals surface area contributed by atoms with Gasteiger partial charge < -0.3 is 4.74 Å². The van der Waals surface area contributed by atoms with Crippen molar-refractivity contribution in [2.45, 2.75) is 25.1 Å². The van der Waals surface area contributed by atoms with E-state index in [4.69, 9.17) is 27.9 Å². The summed E-state index contributed by atoms with van der Waals surface area (Å²) in [6, 6.07) is 0.313. The summed E-state index contributed by atoms with van der Waals surface area (Å²) in [6.45, 7) is 3.86. The van der Waals surface area contributed by atoms with Crippen LogP contribution in [0, 0.1) is 0 Å².